The number of carbonyl (C=O) groups is 1. The highest BCUT2D eigenvalue weighted by Gasteiger charge is 2.41. The van der Waals surface area contributed by atoms with E-state index in [9.17, 15) is 19.4 Å². The molecular formula is C14H18FN3O3. The van der Waals surface area contributed by atoms with Gasteiger partial charge in [0, 0.05) is 12.0 Å². The molecule has 2 heterocycles. The van der Waals surface area contributed by atoms with E-state index in [0.29, 0.717) is 12.0 Å². The zero-order valence-corrected chi connectivity index (χ0v) is 11.6. The Hall–Kier alpha value is -1.70. The zero-order chi connectivity index (χ0) is 15.1. The number of benzene rings is 1. The van der Waals surface area contributed by atoms with E-state index in [4.69, 9.17) is 0 Å². The average Bonchev–Trinajstić information content (AvgIpc) is 2.42. The summed E-state index contributed by atoms with van der Waals surface area (Å²) in [5.74, 6) is -0.632. The summed E-state index contributed by atoms with van der Waals surface area (Å²) in [7, 11) is 0. The molecule has 2 aliphatic heterocycles. The third kappa shape index (κ3) is 2.37. The maximum absolute atomic E-state index is 13.8. The summed E-state index contributed by atoms with van der Waals surface area (Å²) in [6, 6.07) is 4.07. The lowest BCUT2D eigenvalue weighted by molar-refractivity contribution is -0.139. The quantitative estimate of drug-likeness (QED) is 0.606. The first-order valence-electron chi connectivity index (χ1n) is 6.97. The van der Waals surface area contributed by atoms with E-state index in [-0.39, 0.29) is 24.2 Å². The fraction of sp³-hybridized carbons (Fsp3) is 0.500. The van der Waals surface area contributed by atoms with Gasteiger partial charge in [0.1, 0.15) is 18.3 Å². The molecule has 7 heteroatoms. The van der Waals surface area contributed by atoms with Gasteiger partial charge in [0.25, 0.3) is 0 Å². The van der Waals surface area contributed by atoms with Crippen molar-refractivity contribution in [2.45, 2.75) is 44.4 Å². The normalized spacial score (nSPS) is 33.0. The number of carbonyl (C=O) groups excluding carboxylic acids is 1. The van der Waals surface area contributed by atoms with Gasteiger partial charge in [-0.15, -0.1) is 0 Å². The first kappa shape index (κ1) is 14.2. The standard InChI is InChI=1S/C14H18FN3O3/c1-7-16-12-8(3-2-4-9(12)15)14(21)18(7)10-5-6-11(19)17-13(10)20/h2-4,7,10,13-14,16,20-21H,5-6H2,1H3,(H,17,19). The van der Waals surface area contributed by atoms with Crippen LogP contribution < -0.4 is 10.6 Å². The molecule has 114 valence electrons. The van der Waals surface area contributed by atoms with Crippen molar-refractivity contribution < 1.29 is 19.4 Å². The van der Waals surface area contributed by atoms with Crippen LogP contribution in [0.5, 0.6) is 0 Å². The lowest BCUT2D eigenvalue weighted by Crippen LogP contribution is -2.60. The number of anilines is 1. The second kappa shape index (κ2) is 5.25. The molecule has 0 aromatic heterocycles. The number of aliphatic hydroxyl groups excluding tert-OH is 2. The van der Waals surface area contributed by atoms with Crippen molar-refractivity contribution in [1.29, 1.82) is 0 Å². The molecular weight excluding hydrogens is 277 g/mol. The Kier molecular flexibility index (Phi) is 3.56. The van der Waals surface area contributed by atoms with E-state index in [2.05, 4.69) is 10.6 Å². The third-order valence-corrected chi connectivity index (χ3v) is 4.13. The fourth-order valence-corrected chi connectivity index (χ4v) is 3.11. The molecule has 6 nitrogen and oxygen atoms in total. The van der Waals surface area contributed by atoms with Crippen molar-refractivity contribution in [2.75, 3.05) is 5.32 Å². The summed E-state index contributed by atoms with van der Waals surface area (Å²) in [4.78, 5) is 12.9. The molecule has 0 bridgehead atoms. The molecule has 3 rings (SSSR count). The van der Waals surface area contributed by atoms with Crippen molar-refractivity contribution in [2.24, 2.45) is 0 Å². The van der Waals surface area contributed by atoms with Crippen LogP contribution in [-0.4, -0.2) is 39.5 Å². The smallest absolute Gasteiger partial charge is 0.222 e. The monoisotopic (exact) mass is 295 g/mol. The minimum atomic E-state index is -1.06. The molecule has 4 unspecified atom stereocenters. The predicted molar refractivity (Wildman–Crippen MR) is 73.5 cm³/mol. The maximum atomic E-state index is 13.8. The summed E-state index contributed by atoms with van der Waals surface area (Å²) in [6.07, 6.45) is -1.75. The van der Waals surface area contributed by atoms with Gasteiger partial charge in [-0.05, 0) is 19.4 Å². The number of aliphatic hydroxyl groups is 2. The second-order valence-electron chi connectivity index (χ2n) is 5.46. The van der Waals surface area contributed by atoms with Crippen LogP contribution in [0.25, 0.3) is 0 Å². The number of hydrogen-bond donors (Lipinski definition) is 4. The van der Waals surface area contributed by atoms with Crippen LogP contribution in [0.3, 0.4) is 0 Å². The molecule has 1 aromatic rings. The van der Waals surface area contributed by atoms with Crippen LogP contribution in [-0.2, 0) is 4.79 Å². The van der Waals surface area contributed by atoms with Crippen LogP contribution in [0.15, 0.2) is 18.2 Å². The Bertz CT molecular complexity index is 568. The molecule has 0 spiro atoms. The summed E-state index contributed by atoms with van der Waals surface area (Å²) >= 11 is 0. The van der Waals surface area contributed by atoms with Crippen molar-refractivity contribution >= 4 is 11.6 Å². The van der Waals surface area contributed by atoms with Gasteiger partial charge in [-0.25, -0.2) is 9.29 Å². The Morgan fingerprint density at radius 1 is 1.33 bits per heavy atom. The molecule has 1 fully saturated rings. The van der Waals surface area contributed by atoms with Crippen molar-refractivity contribution in [3.05, 3.63) is 29.6 Å². The predicted octanol–water partition coefficient (Wildman–Crippen LogP) is 0.487. The Morgan fingerprint density at radius 3 is 2.81 bits per heavy atom. The molecule has 0 aliphatic carbocycles. The van der Waals surface area contributed by atoms with Crippen LogP contribution in [0.2, 0.25) is 0 Å². The van der Waals surface area contributed by atoms with Gasteiger partial charge in [0.2, 0.25) is 5.91 Å². The van der Waals surface area contributed by atoms with Crippen molar-refractivity contribution in [3.8, 4) is 0 Å². The van der Waals surface area contributed by atoms with Crippen molar-refractivity contribution in [3.63, 3.8) is 0 Å². The lowest BCUT2D eigenvalue weighted by Gasteiger charge is -2.47. The first-order chi connectivity index (χ1) is 9.99. The van der Waals surface area contributed by atoms with Crippen LogP contribution >= 0.6 is 0 Å². The number of nitrogens with one attached hydrogen (secondary N) is 2. The number of hydrogen-bond acceptors (Lipinski definition) is 5. The molecule has 1 saturated heterocycles. The fourth-order valence-electron chi connectivity index (χ4n) is 3.11. The Labute approximate surface area is 121 Å². The molecule has 2 aliphatic rings. The van der Waals surface area contributed by atoms with Crippen molar-refractivity contribution in [1.82, 2.24) is 10.2 Å². The number of nitrogens with zero attached hydrogens (tertiary/aromatic N) is 1. The molecule has 0 radical (unpaired) electrons. The van der Waals surface area contributed by atoms with Gasteiger partial charge in [0.15, 0.2) is 0 Å². The number of rotatable bonds is 1. The Morgan fingerprint density at radius 2 is 2.10 bits per heavy atom. The lowest BCUT2D eigenvalue weighted by atomic mass is 9.98. The van der Waals surface area contributed by atoms with Crippen LogP contribution in [0.4, 0.5) is 10.1 Å². The van der Waals surface area contributed by atoms with Crippen LogP contribution in [0.1, 0.15) is 31.6 Å². The second-order valence-corrected chi connectivity index (χ2v) is 5.46. The van der Waals surface area contributed by atoms with E-state index in [0.717, 1.165) is 0 Å². The van der Waals surface area contributed by atoms with Gasteiger partial charge in [-0.2, -0.15) is 0 Å². The van der Waals surface area contributed by atoms with Crippen LogP contribution in [0, 0.1) is 5.82 Å². The highest BCUT2D eigenvalue weighted by atomic mass is 19.1. The number of amides is 1. The highest BCUT2D eigenvalue weighted by Crippen LogP contribution is 2.37. The number of fused-ring (bicyclic) bond motifs is 1. The van der Waals surface area contributed by atoms with E-state index in [1.165, 1.54) is 12.1 Å². The molecule has 0 saturated carbocycles. The highest BCUT2D eigenvalue weighted by molar-refractivity contribution is 5.77. The molecule has 4 atom stereocenters. The minimum absolute atomic E-state index is 0.211. The summed E-state index contributed by atoms with van der Waals surface area (Å²) in [5.41, 5.74) is 0.709. The van der Waals surface area contributed by atoms with Gasteiger partial charge in [-0.1, -0.05) is 12.1 Å². The SMILES string of the molecule is CC1Nc2c(F)cccc2C(O)N1C1CCC(=O)NC1O. The van der Waals surface area contributed by atoms with E-state index in [1.54, 1.807) is 17.9 Å². The van der Waals surface area contributed by atoms with Gasteiger partial charge < -0.3 is 20.8 Å². The number of para-hydroxylation sites is 1. The van der Waals surface area contributed by atoms with E-state index in [1.807, 2.05) is 0 Å². The first-order valence-corrected chi connectivity index (χ1v) is 6.97. The van der Waals surface area contributed by atoms with Gasteiger partial charge in [-0.3, -0.25) is 4.79 Å². The summed E-state index contributed by atoms with van der Waals surface area (Å²) in [6.45, 7) is 1.78. The Balaban J connectivity index is 1.92. The maximum Gasteiger partial charge on any atom is 0.222 e. The zero-order valence-electron chi connectivity index (χ0n) is 11.6. The summed E-state index contributed by atoms with van der Waals surface area (Å²) in [5, 5.41) is 26.1. The molecule has 21 heavy (non-hydrogen) atoms. The number of piperidine rings is 1. The molecule has 4 N–H and O–H groups in total. The summed E-state index contributed by atoms with van der Waals surface area (Å²) < 4.78 is 13.8. The minimum Gasteiger partial charge on any atom is -0.374 e. The van der Waals surface area contributed by atoms with Gasteiger partial charge >= 0.3 is 0 Å². The van der Waals surface area contributed by atoms with E-state index < -0.39 is 24.3 Å². The van der Waals surface area contributed by atoms with E-state index >= 15 is 0 Å². The topological polar surface area (TPSA) is 84.8 Å². The number of halogens is 1. The molecule has 1 amide bonds. The largest absolute Gasteiger partial charge is 0.374 e. The van der Waals surface area contributed by atoms with Gasteiger partial charge in [0.05, 0.1) is 17.9 Å². The third-order valence-electron chi connectivity index (χ3n) is 4.13. The average molecular weight is 295 g/mol. The molecule has 1 aromatic carbocycles.